The van der Waals surface area contributed by atoms with Gasteiger partial charge >= 0.3 is 0 Å². The fourth-order valence-electron chi connectivity index (χ4n) is 1.90. The van der Waals surface area contributed by atoms with Gasteiger partial charge in [-0.3, -0.25) is 4.79 Å². The second-order valence-electron chi connectivity index (χ2n) is 4.91. The van der Waals surface area contributed by atoms with Gasteiger partial charge in [-0.2, -0.15) is 0 Å². The summed E-state index contributed by atoms with van der Waals surface area (Å²) >= 11 is 1.46. The molecule has 3 nitrogen and oxygen atoms in total. The highest BCUT2D eigenvalue weighted by Crippen LogP contribution is 2.35. The predicted molar refractivity (Wildman–Crippen MR) is 84.0 cm³/mol. The zero-order valence-electron chi connectivity index (χ0n) is 11.6. The Morgan fingerprint density at radius 3 is 2.30 bits per heavy atom. The first-order chi connectivity index (χ1) is 9.49. The highest BCUT2D eigenvalue weighted by atomic mass is 32.2. The Kier molecular flexibility index (Phi) is 4.35. The van der Waals surface area contributed by atoms with Crippen LogP contribution in [0, 0.1) is 0 Å². The molecule has 1 amide bonds. The first-order valence-electron chi connectivity index (χ1n) is 6.45. The number of rotatable bonds is 4. The highest BCUT2D eigenvalue weighted by Gasteiger charge is 2.12. The first-order valence-corrected chi connectivity index (χ1v) is 7.26. The zero-order valence-corrected chi connectivity index (χ0v) is 12.4. The monoisotopic (exact) mass is 286 g/mol. The smallest absolute Gasteiger partial charge is 0.249 e. The lowest BCUT2D eigenvalue weighted by molar-refractivity contribution is 0.0997. The summed E-state index contributed by atoms with van der Waals surface area (Å²) in [6.07, 6.45) is 0. The van der Waals surface area contributed by atoms with Gasteiger partial charge in [-0.25, -0.2) is 0 Å². The van der Waals surface area contributed by atoms with E-state index in [1.165, 1.54) is 17.3 Å². The van der Waals surface area contributed by atoms with Crippen LogP contribution in [0.1, 0.15) is 35.7 Å². The number of nitrogens with two attached hydrogens (primary N) is 2. The van der Waals surface area contributed by atoms with Gasteiger partial charge < -0.3 is 11.5 Å². The van der Waals surface area contributed by atoms with E-state index in [0.29, 0.717) is 17.2 Å². The van der Waals surface area contributed by atoms with E-state index in [1.54, 1.807) is 18.2 Å². The Morgan fingerprint density at radius 2 is 1.75 bits per heavy atom. The maximum atomic E-state index is 11.5. The number of hydrogen-bond acceptors (Lipinski definition) is 3. The van der Waals surface area contributed by atoms with Crippen molar-refractivity contribution in [3.8, 4) is 0 Å². The molecule has 2 aromatic carbocycles. The van der Waals surface area contributed by atoms with E-state index in [-0.39, 0.29) is 0 Å². The number of carbonyl (C=O) groups excluding carboxylic acids is 1. The summed E-state index contributed by atoms with van der Waals surface area (Å²) in [4.78, 5) is 13.2. The minimum absolute atomic E-state index is 0.460. The Bertz CT molecular complexity index is 621. The number of amides is 1. The summed E-state index contributed by atoms with van der Waals surface area (Å²) in [7, 11) is 0. The molecule has 2 aromatic rings. The lowest BCUT2D eigenvalue weighted by atomic mass is 10.0. The van der Waals surface area contributed by atoms with Crippen molar-refractivity contribution >= 4 is 23.4 Å². The third kappa shape index (κ3) is 3.14. The van der Waals surface area contributed by atoms with Gasteiger partial charge in [0.25, 0.3) is 0 Å². The van der Waals surface area contributed by atoms with E-state index < -0.39 is 5.91 Å². The second kappa shape index (κ2) is 6.01. The molecule has 0 aliphatic carbocycles. The Morgan fingerprint density at radius 1 is 1.10 bits per heavy atom. The van der Waals surface area contributed by atoms with Gasteiger partial charge in [0.15, 0.2) is 0 Å². The highest BCUT2D eigenvalue weighted by molar-refractivity contribution is 7.99. The lowest BCUT2D eigenvalue weighted by Crippen LogP contribution is -2.13. The molecule has 0 aliphatic rings. The number of carbonyl (C=O) groups is 1. The van der Waals surface area contributed by atoms with Crippen molar-refractivity contribution in [1.82, 2.24) is 0 Å². The van der Waals surface area contributed by atoms with Gasteiger partial charge in [0.1, 0.15) is 0 Å². The third-order valence-corrected chi connectivity index (χ3v) is 4.25. The lowest BCUT2D eigenvalue weighted by Gasteiger charge is -2.11. The fraction of sp³-hybridized carbons (Fsp3) is 0.188. The molecule has 0 unspecified atom stereocenters. The fourth-order valence-corrected chi connectivity index (χ4v) is 2.87. The minimum Gasteiger partial charge on any atom is -0.398 e. The van der Waals surface area contributed by atoms with Crippen molar-refractivity contribution in [2.45, 2.75) is 29.6 Å². The third-order valence-electron chi connectivity index (χ3n) is 3.08. The van der Waals surface area contributed by atoms with Crippen molar-refractivity contribution in [3.63, 3.8) is 0 Å². The maximum absolute atomic E-state index is 11.5. The molecule has 0 heterocycles. The van der Waals surface area contributed by atoms with Crippen LogP contribution in [0.25, 0.3) is 0 Å². The molecular weight excluding hydrogens is 268 g/mol. The van der Waals surface area contributed by atoms with E-state index in [2.05, 4.69) is 26.0 Å². The quantitative estimate of drug-likeness (QED) is 0.843. The van der Waals surface area contributed by atoms with E-state index in [9.17, 15) is 4.79 Å². The van der Waals surface area contributed by atoms with Gasteiger partial charge in [0.05, 0.1) is 5.56 Å². The van der Waals surface area contributed by atoms with Crippen molar-refractivity contribution in [2.75, 3.05) is 5.73 Å². The Balaban J connectivity index is 2.32. The molecule has 0 atom stereocenters. The van der Waals surface area contributed by atoms with Crippen LogP contribution < -0.4 is 11.5 Å². The zero-order chi connectivity index (χ0) is 14.7. The molecule has 0 aliphatic heterocycles. The molecule has 20 heavy (non-hydrogen) atoms. The minimum atomic E-state index is -0.460. The van der Waals surface area contributed by atoms with Gasteiger partial charge in [-0.1, -0.05) is 43.8 Å². The van der Waals surface area contributed by atoms with Gasteiger partial charge in [-0.15, -0.1) is 0 Å². The summed E-state index contributed by atoms with van der Waals surface area (Å²) in [6, 6.07) is 13.5. The van der Waals surface area contributed by atoms with Gasteiger partial charge in [0, 0.05) is 15.5 Å². The van der Waals surface area contributed by atoms with Crippen LogP contribution in [0.4, 0.5) is 5.69 Å². The van der Waals surface area contributed by atoms with Crippen molar-refractivity contribution in [2.24, 2.45) is 5.73 Å². The Hall–Kier alpha value is -1.94. The molecule has 0 fully saturated rings. The SMILES string of the molecule is CC(C)c1ccc(Sc2c(N)cccc2C(N)=O)cc1. The molecule has 4 N–H and O–H groups in total. The first kappa shape index (κ1) is 14.5. The molecule has 0 bridgehead atoms. The van der Waals surface area contributed by atoms with Crippen LogP contribution in [-0.4, -0.2) is 5.91 Å². The Labute approximate surface area is 123 Å². The van der Waals surface area contributed by atoms with Crippen molar-refractivity contribution in [3.05, 3.63) is 53.6 Å². The molecule has 2 rings (SSSR count). The molecule has 104 valence electrons. The van der Waals surface area contributed by atoms with Crippen molar-refractivity contribution in [1.29, 1.82) is 0 Å². The summed E-state index contributed by atoms with van der Waals surface area (Å²) in [5, 5.41) is 0. The van der Waals surface area contributed by atoms with Gasteiger partial charge in [-0.05, 0) is 35.7 Å². The average molecular weight is 286 g/mol. The van der Waals surface area contributed by atoms with Crippen molar-refractivity contribution < 1.29 is 4.79 Å². The number of anilines is 1. The molecule has 0 spiro atoms. The van der Waals surface area contributed by atoms with E-state index >= 15 is 0 Å². The second-order valence-corrected chi connectivity index (χ2v) is 6.00. The molecule has 0 radical (unpaired) electrons. The van der Waals surface area contributed by atoms with Crippen LogP contribution in [0.3, 0.4) is 0 Å². The molecule has 4 heteroatoms. The number of hydrogen-bond donors (Lipinski definition) is 2. The van der Waals surface area contributed by atoms with Crippen LogP contribution in [0.15, 0.2) is 52.3 Å². The van der Waals surface area contributed by atoms with E-state index in [4.69, 9.17) is 11.5 Å². The molecular formula is C16H18N2OS. The van der Waals surface area contributed by atoms with E-state index in [1.807, 2.05) is 12.1 Å². The largest absolute Gasteiger partial charge is 0.398 e. The molecule has 0 saturated heterocycles. The van der Waals surface area contributed by atoms with Crippen LogP contribution in [0.5, 0.6) is 0 Å². The number of primary amides is 1. The number of benzene rings is 2. The molecule has 0 aromatic heterocycles. The summed E-state index contributed by atoms with van der Waals surface area (Å²) in [5.41, 5.74) is 13.7. The van der Waals surface area contributed by atoms with Gasteiger partial charge in [0.2, 0.25) is 5.91 Å². The standard InChI is InChI=1S/C16H18N2OS/c1-10(2)11-6-8-12(9-7-11)20-15-13(16(18)19)4-3-5-14(15)17/h3-10H,17H2,1-2H3,(H2,18,19). The number of nitrogen functional groups attached to an aromatic ring is 1. The van der Waals surface area contributed by atoms with E-state index in [0.717, 1.165) is 9.79 Å². The van der Waals surface area contributed by atoms with Crippen LogP contribution >= 0.6 is 11.8 Å². The summed E-state index contributed by atoms with van der Waals surface area (Å²) < 4.78 is 0. The van der Waals surface area contributed by atoms with Crippen LogP contribution in [0.2, 0.25) is 0 Å². The molecule has 0 saturated carbocycles. The maximum Gasteiger partial charge on any atom is 0.249 e. The summed E-state index contributed by atoms with van der Waals surface area (Å²) in [5.74, 6) is 0.0376. The predicted octanol–water partition coefficient (Wildman–Crippen LogP) is 3.64. The normalized spacial score (nSPS) is 10.8. The average Bonchev–Trinajstić information content (AvgIpc) is 2.41. The topological polar surface area (TPSA) is 69.1 Å². The van der Waals surface area contributed by atoms with Crippen LogP contribution in [-0.2, 0) is 0 Å². The summed E-state index contributed by atoms with van der Waals surface area (Å²) in [6.45, 7) is 4.31.